The molecule has 122 valence electrons. The number of ether oxygens (including phenoxy) is 1. The van der Waals surface area contributed by atoms with E-state index < -0.39 is 6.04 Å². The summed E-state index contributed by atoms with van der Waals surface area (Å²) in [5.41, 5.74) is 0.580. The molecular weight excluding hydrogens is 312 g/mol. The van der Waals surface area contributed by atoms with Crippen molar-refractivity contribution in [3.63, 3.8) is 0 Å². The Morgan fingerprint density at radius 1 is 1.13 bits per heavy atom. The van der Waals surface area contributed by atoms with Crippen molar-refractivity contribution in [1.29, 1.82) is 0 Å². The predicted molar refractivity (Wildman–Crippen MR) is 92.0 cm³/mol. The van der Waals surface area contributed by atoms with Gasteiger partial charge in [-0.2, -0.15) is 0 Å². The fourth-order valence-corrected chi connectivity index (χ4v) is 2.74. The van der Waals surface area contributed by atoms with Gasteiger partial charge in [0.1, 0.15) is 11.8 Å². The topological polar surface area (TPSA) is 67.4 Å². The first-order valence-corrected chi connectivity index (χ1v) is 8.19. The highest BCUT2D eigenvalue weighted by Gasteiger charge is 2.25. The largest absolute Gasteiger partial charge is 0.495 e. The molecule has 0 saturated carbocycles. The van der Waals surface area contributed by atoms with Crippen LogP contribution in [-0.4, -0.2) is 25.0 Å². The molecule has 1 heterocycles. The van der Waals surface area contributed by atoms with E-state index in [2.05, 4.69) is 10.6 Å². The van der Waals surface area contributed by atoms with E-state index >= 15 is 0 Å². The summed E-state index contributed by atoms with van der Waals surface area (Å²) in [6.45, 7) is 3.78. The lowest BCUT2D eigenvalue weighted by Crippen LogP contribution is -2.47. The number of hydrogen-bond donors (Lipinski definition) is 2. The Hall–Kier alpha value is -2.34. The monoisotopic (exact) mass is 332 g/mol. The highest BCUT2D eigenvalue weighted by Crippen LogP contribution is 2.23. The third-order valence-corrected chi connectivity index (χ3v) is 4.21. The van der Waals surface area contributed by atoms with Crippen LogP contribution in [0.2, 0.25) is 0 Å². The van der Waals surface area contributed by atoms with Gasteiger partial charge in [-0.05, 0) is 29.5 Å². The van der Waals surface area contributed by atoms with Crippen molar-refractivity contribution in [2.45, 2.75) is 19.9 Å². The predicted octanol–water partition coefficient (Wildman–Crippen LogP) is 3.15. The maximum absolute atomic E-state index is 12.5. The second kappa shape index (κ2) is 7.78. The maximum Gasteiger partial charge on any atom is 0.262 e. The molecule has 2 N–H and O–H groups in total. The van der Waals surface area contributed by atoms with Crippen molar-refractivity contribution in [3.05, 3.63) is 46.7 Å². The third-order valence-electron chi connectivity index (χ3n) is 3.35. The standard InChI is InChI=1S/C17H20N2O3S/c1-11(2)15(19-16(20)14-9-6-10-23-14)17(21)18-12-7-4-5-8-13(12)22-3/h4-11,15H,1-3H3,(H,18,21)(H,19,20). The first kappa shape index (κ1) is 17.0. The Morgan fingerprint density at radius 2 is 1.87 bits per heavy atom. The lowest BCUT2D eigenvalue weighted by molar-refractivity contribution is -0.118. The van der Waals surface area contributed by atoms with Crippen LogP contribution in [0.5, 0.6) is 5.75 Å². The summed E-state index contributed by atoms with van der Waals surface area (Å²) in [7, 11) is 1.55. The van der Waals surface area contributed by atoms with Gasteiger partial charge in [0.05, 0.1) is 17.7 Å². The fraction of sp³-hybridized carbons (Fsp3) is 0.294. The Morgan fingerprint density at radius 3 is 2.48 bits per heavy atom. The Balaban J connectivity index is 2.11. The number of thiophene rings is 1. The van der Waals surface area contributed by atoms with Crippen molar-refractivity contribution >= 4 is 28.8 Å². The number of para-hydroxylation sites is 2. The number of benzene rings is 1. The average Bonchev–Trinajstić information content (AvgIpc) is 3.07. The van der Waals surface area contributed by atoms with E-state index in [1.165, 1.54) is 11.3 Å². The molecule has 1 aromatic heterocycles. The zero-order valence-corrected chi connectivity index (χ0v) is 14.1. The molecule has 1 aromatic carbocycles. The van der Waals surface area contributed by atoms with Crippen LogP contribution in [0.4, 0.5) is 5.69 Å². The fourth-order valence-electron chi connectivity index (χ4n) is 2.11. The minimum atomic E-state index is -0.630. The van der Waals surface area contributed by atoms with Crippen LogP contribution < -0.4 is 15.4 Å². The molecule has 1 unspecified atom stereocenters. The van der Waals surface area contributed by atoms with E-state index in [1.54, 1.807) is 31.4 Å². The van der Waals surface area contributed by atoms with Crippen LogP contribution in [0.3, 0.4) is 0 Å². The van der Waals surface area contributed by atoms with Gasteiger partial charge >= 0.3 is 0 Å². The van der Waals surface area contributed by atoms with E-state index in [0.717, 1.165) is 0 Å². The van der Waals surface area contributed by atoms with Crippen LogP contribution in [0.15, 0.2) is 41.8 Å². The number of nitrogens with one attached hydrogen (secondary N) is 2. The molecule has 0 spiro atoms. The number of carbonyl (C=O) groups is 2. The lowest BCUT2D eigenvalue weighted by atomic mass is 10.0. The molecule has 2 aromatic rings. The van der Waals surface area contributed by atoms with Crippen molar-refractivity contribution in [1.82, 2.24) is 5.32 Å². The molecule has 5 nitrogen and oxygen atoms in total. The van der Waals surface area contributed by atoms with Gasteiger partial charge in [-0.25, -0.2) is 0 Å². The number of anilines is 1. The van der Waals surface area contributed by atoms with E-state index in [9.17, 15) is 9.59 Å². The van der Waals surface area contributed by atoms with Crippen LogP contribution in [-0.2, 0) is 4.79 Å². The minimum absolute atomic E-state index is 0.0476. The van der Waals surface area contributed by atoms with Crippen LogP contribution >= 0.6 is 11.3 Å². The molecule has 2 amide bonds. The number of rotatable bonds is 6. The number of methoxy groups -OCH3 is 1. The molecule has 0 bridgehead atoms. The van der Waals surface area contributed by atoms with Crippen LogP contribution in [0, 0.1) is 5.92 Å². The summed E-state index contributed by atoms with van der Waals surface area (Å²) in [6, 6.07) is 10.1. The van der Waals surface area contributed by atoms with Crippen LogP contribution in [0.1, 0.15) is 23.5 Å². The zero-order chi connectivity index (χ0) is 16.8. The number of amides is 2. The van der Waals surface area contributed by atoms with Crippen molar-refractivity contribution in [2.75, 3.05) is 12.4 Å². The van der Waals surface area contributed by atoms with Gasteiger partial charge in [0, 0.05) is 0 Å². The quantitative estimate of drug-likeness (QED) is 0.854. The van der Waals surface area contributed by atoms with Gasteiger partial charge in [-0.15, -0.1) is 11.3 Å². The Labute approximate surface area is 139 Å². The third kappa shape index (κ3) is 4.32. The molecule has 0 aliphatic rings. The summed E-state index contributed by atoms with van der Waals surface area (Å²) >= 11 is 1.34. The smallest absolute Gasteiger partial charge is 0.262 e. The van der Waals surface area contributed by atoms with Gasteiger partial charge < -0.3 is 15.4 Å². The van der Waals surface area contributed by atoms with Gasteiger partial charge in [-0.1, -0.05) is 32.0 Å². The highest BCUT2D eigenvalue weighted by molar-refractivity contribution is 7.12. The van der Waals surface area contributed by atoms with Crippen molar-refractivity contribution in [3.8, 4) is 5.75 Å². The molecular formula is C17H20N2O3S. The van der Waals surface area contributed by atoms with E-state index in [1.807, 2.05) is 31.4 Å². The summed E-state index contributed by atoms with van der Waals surface area (Å²) < 4.78 is 5.23. The Bertz CT molecular complexity index is 668. The van der Waals surface area contributed by atoms with Gasteiger partial charge in [0.15, 0.2) is 0 Å². The highest BCUT2D eigenvalue weighted by atomic mass is 32.1. The average molecular weight is 332 g/mol. The molecule has 2 rings (SSSR count). The van der Waals surface area contributed by atoms with Crippen molar-refractivity contribution in [2.24, 2.45) is 5.92 Å². The molecule has 6 heteroatoms. The molecule has 0 saturated heterocycles. The van der Waals surface area contributed by atoms with Gasteiger partial charge in [0.2, 0.25) is 5.91 Å². The second-order valence-electron chi connectivity index (χ2n) is 5.36. The molecule has 1 atom stereocenters. The molecule has 0 radical (unpaired) electrons. The normalized spacial score (nSPS) is 11.8. The van der Waals surface area contributed by atoms with E-state index in [4.69, 9.17) is 4.74 Å². The number of hydrogen-bond acceptors (Lipinski definition) is 4. The Kier molecular flexibility index (Phi) is 5.76. The summed E-state index contributed by atoms with van der Waals surface area (Å²) in [4.78, 5) is 25.3. The SMILES string of the molecule is COc1ccccc1NC(=O)C(NC(=O)c1cccs1)C(C)C. The summed E-state index contributed by atoms with van der Waals surface area (Å²) in [5.74, 6) is 0.0184. The van der Waals surface area contributed by atoms with E-state index in [-0.39, 0.29) is 17.7 Å². The first-order valence-electron chi connectivity index (χ1n) is 7.31. The van der Waals surface area contributed by atoms with Crippen molar-refractivity contribution < 1.29 is 14.3 Å². The molecule has 0 fully saturated rings. The summed E-state index contributed by atoms with van der Waals surface area (Å²) in [5, 5.41) is 7.44. The summed E-state index contributed by atoms with van der Waals surface area (Å²) in [6.07, 6.45) is 0. The first-order chi connectivity index (χ1) is 11.0. The zero-order valence-electron chi connectivity index (χ0n) is 13.3. The maximum atomic E-state index is 12.5. The second-order valence-corrected chi connectivity index (χ2v) is 6.31. The lowest BCUT2D eigenvalue weighted by Gasteiger charge is -2.22. The van der Waals surface area contributed by atoms with E-state index in [0.29, 0.717) is 16.3 Å². The molecule has 0 aliphatic carbocycles. The molecule has 23 heavy (non-hydrogen) atoms. The van der Waals surface area contributed by atoms with Gasteiger partial charge in [0.25, 0.3) is 5.91 Å². The van der Waals surface area contributed by atoms with Gasteiger partial charge in [-0.3, -0.25) is 9.59 Å². The minimum Gasteiger partial charge on any atom is -0.495 e. The molecule has 0 aliphatic heterocycles. The van der Waals surface area contributed by atoms with Crippen LogP contribution in [0.25, 0.3) is 0 Å². The number of carbonyl (C=O) groups excluding carboxylic acids is 2.